The van der Waals surface area contributed by atoms with Crippen molar-refractivity contribution in [3.05, 3.63) is 29.8 Å². The van der Waals surface area contributed by atoms with E-state index >= 15 is 0 Å². The van der Waals surface area contributed by atoms with Gasteiger partial charge < -0.3 is 3.11 Å². The molecule has 1 aliphatic rings. The minimum absolute atomic E-state index is 0.317. The molecular formula is C10H12IN. The van der Waals surface area contributed by atoms with Crippen LogP contribution in [0.5, 0.6) is 0 Å². The summed E-state index contributed by atoms with van der Waals surface area (Å²) in [4.78, 5) is 0. The molecule has 0 fully saturated rings. The first-order chi connectivity index (χ1) is 5.61. The first kappa shape index (κ1) is 8.35. The second kappa shape index (κ2) is 2.62. The predicted molar refractivity (Wildman–Crippen MR) is 60.8 cm³/mol. The highest BCUT2D eigenvalue weighted by molar-refractivity contribution is 14.1. The van der Waals surface area contributed by atoms with Gasteiger partial charge in [-0.1, -0.05) is 32.0 Å². The Labute approximate surface area is 87.3 Å². The lowest BCUT2D eigenvalue weighted by Crippen LogP contribution is -2.21. The molecule has 1 nitrogen and oxygen atoms in total. The Bertz CT molecular complexity index is 306. The van der Waals surface area contributed by atoms with Gasteiger partial charge >= 0.3 is 0 Å². The Balaban J connectivity index is 2.58. The molecule has 1 aromatic rings. The summed E-state index contributed by atoms with van der Waals surface area (Å²) in [5.41, 5.74) is 3.17. The molecule has 0 saturated carbocycles. The lowest BCUT2D eigenvalue weighted by atomic mass is 9.87. The summed E-state index contributed by atoms with van der Waals surface area (Å²) in [5.74, 6) is 0. The van der Waals surface area contributed by atoms with Crippen LogP contribution in [0.1, 0.15) is 19.4 Å². The zero-order chi connectivity index (χ0) is 8.77. The third kappa shape index (κ3) is 1.13. The van der Waals surface area contributed by atoms with Crippen LogP contribution in [0.4, 0.5) is 5.69 Å². The van der Waals surface area contributed by atoms with Crippen LogP contribution in [0.15, 0.2) is 24.3 Å². The molecule has 2 rings (SSSR count). The van der Waals surface area contributed by atoms with Gasteiger partial charge in [0.1, 0.15) is 0 Å². The molecule has 64 valence electrons. The van der Waals surface area contributed by atoms with E-state index in [0.29, 0.717) is 5.41 Å². The fourth-order valence-corrected chi connectivity index (χ4v) is 3.05. The average Bonchev–Trinajstić information content (AvgIpc) is 2.25. The number of rotatable bonds is 0. The Morgan fingerprint density at radius 2 is 2.00 bits per heavy atom. The number of anilines is 1. The summed E-state index contributed by atoms with van der Waals surface area (Å²) in [7, 11) is 0. The Morgan fingerprint density at radius 3 is 2.67 bits per heavy atom. The monoisotopic (exact) mass is 273 g/mol. The van der Waals surface area contributed by atoms with E-state index in [1.165, 1.54) is 11.3 Å². The molecule has 0 N–H and O–H groups in total. The normalized spacial score (nSPS) is 19.4. The maximum atomic E-state index is 2.38. The topological polar surface area (TPSA) is 3.24 Å². The molecule has 0 saturated heterocycles. The summed E-state index contributed by atoms with van der Waals surface area (Å²) in [6.45, 7) is 5.71. The Morgan fingerprint density at radius 1 is 1.33 bits per heavy atom. The number of fused-ring (bicyclic) bond motifs is 1. The van der Waals surface area contributed by atoms with Gasteiger partial charge in [0.2, 0.25) is 0 Å². The van der Waals surface area contributed by atoms with Crippen molar-refractivity contribution in [3.8, 4) is 0 Å². The second-order valence-corrected chi connectivity index (χ2v) is 5.09. The van der Waals surface area contributed by atoms with E-state index in [9.17, 15) is 0 Å². The second-order valence-electron chi connectivity index (χ2n) is 3.92. The van der Waals surface area contributed by atoms with Crippen LogP contribution in [0.3, 0.4) is 0 Å². The highest BCUT2D eigenvalue weighted by Gasteiger charge is 2.33. The van der Waals surface area contributed by atoms with Gasteiger partial charge in [-0.05, 0) is 11.6 Å². The molecule has 0 radical (unpaired) electrons. The van der Waals surface area contributed by atoms with Crippen molar-refractivity contribution in [2.24, 2.45) is 0 Å². The lowest BCUT2D eigenvalue weighted by Gasteiger charge is -2.17. The Hall–Kier alpha value is -0.250. The van der Waals surface area contributed by atoms with Crippen LogP contribution in [0, 0.1) is 0 Å². The SMILES string of the molecule is CC1(C)CN(I)c2ccccc21. The van der Waals surface area contributed by atoms with Crippen molar-refractivity contribution in [1.82, 2.24) is 0 Å². The number of nitrogens with zero attached hydrogens (tertiary/aromatic N) is 1. The quantitative estimate of drug-likeness (QED) is 0.518. The molecule has 12 heavy (non-hydrogen) atoms. The highest BCUT2D eigenvalue weighted by atomic mass is 127. The van der Waals surface area contributed by atoms with Crippen LogP contribution in [0.2, 0.25) is 0 Å². The average molecular weight is 273 g/mol. The van der Waals surface area contributed by atoms with E-state index in [1.807, 2.05) is 0 Å². The van der Waals surface area contributed by atoms with Gasteiger partial charge in [-0.3, -0.25) is 0 Å². The van der Waals surface area contributed by atoms with Crippen molar-refractivity contribution >= 4 is 28.6 Å². The van der Waals surface area contributed by atoms with Crippen molar-refractivity contribution in [2.75, 3.05) is 9.66 Å². The molecule has 0 unspecified atom stereocenters. The van der Waals surface area contributed by atoms with E-state index < -0.39 is 0 Å². The maximum Gasteiger partial charge on any atom is 0.0591 e. The lowest BCUT2D eigenvalue weighted by molar-refractivity contribution is 0.579. The maximum absolute atomic E-state index is 2.38. The standard InChI is InChI=1S/C10H12IN/c1-10(2)7-12(11)9-6-4-3-5-8(9)10/h3-6H,7H2,1-2H3. The van der Waals surface area contributed by atoms with Gasteiger partial charge in [0.25, 0.3) is 0 Å². The number of halogens is 1. The summed E-state index contributed by atoms with van der Waals surface area (Å²) >= 11 is 2.38. The van der Waals surface area contributed by atoms with Crippen molar-refractivity contribution in [1.29, 1.82) is 0 Å². The fourth-order valence-electron chi connectivity index (χ4n) is 1.77. The molecular weight excluding hydrogens is 261 g/mol. The molecule has 1 heterocycles. The summed E-state index contributed by atoms with van der Waals surface area (Å²) in [6.07, 6.45) is 0. The third-order valence-corrected chi connectivity index (χ3v) is 3.29. The van der Waals surface area contributed by atoms with Gasteiger partial charge in [-0.25, -0.2) is 0 Å². The predicted octanol–water partition coefficient (Wildman–Crippen LogP) is 3.13. The smallest absolute Gasteiger partial charge is 0.0591 e. The van der Waals surface area contributed by atoms with Gasteiger partial charge in [-0.15, -0.1) is 0 Å². The van der Waals surface area contributed by atoms with E-state index in [-0.39, 0.29) is 0 Å². The van der Waals surface area contributed by atoms with E-state index in [4.69, 9.17) is 0 Å². The molecule has 0 aromatic heterocycles. The van der Waals surface area contributed by atoms with Gasteiger partial charge in [0, 0.05) is 17.6 Å². The first-order valence-electron chi connectivity index (χ1n) is 4.14. The fraction of sp³-hybridized carbons (Fsp3) is 0.400. The van der Waals surface area contributed by atoms with Crippen LogP contribution in [-0.4, -0.2) is 6.54 Å². The summed E-state index contributed by atoms with van der Waals surface area (Å²) in [6, 6.07) is 8.65. The molecule has 0 amide bonds. The number of benzene rings is 1. The van der Waals surface area contributed by atoms with Crippen LogP contribution >= 0.6 is 22.9 Å². The van der Waals surface area contributed by atoms with Crippen molar-refractivity contribution in [2.45, 2.75) is 19.3 Å². The number of para-hydroxylation sites is 1. The zero-order valence-corrected chi connectivity index (χ0v) is 9.50. The van der Waals surface area contributed by atoms with Crippen molar-refractivity contribution in [3.63, 3.8) is 0 Å². The van der Waals surface area contributed by atoms with Gasteiger partial charge in [0.15, 0.2) is 0 Å². The summed E-state index contributed by atoms with van der Waals surface area (Å²) < 4.78 is 2.30. The molecule has 0 atom stereocenters. The van der Waals surface area contributed by atoms with Crippen LogP contribution < -0.4 is 3.11 Å². The van der Waals surface area contributed by atoms with Gasteiger partial charge in [-0.2, -0.15) is 0 Å². The van der Waals surface area contributed by atoms with E-state index in [0.717, 1.165) is 6.54 Å². The first-order valence-corrected chi connectivity index (χ1v) is 5.10. The minimum atomic E-state index is 0.317. The van der Waals surface area contributed by atoms with Crippen LogP contribution in [-0.2, 0) is 5.41 Å². The summed E-state index contributed by atoms with van der Waals surface area (Å²) in [5, 5.41) is 0. The zero-order valence-electron chi connectivity index (χ0n) is 7.34. The molecule has 0 bridgehead atoms. The van der Waals surface area contributed by atoms with Crippen LogP contribution in [0.25, 0.3) is 0 Å². The molecule has 0 spiro atoms. The van der Waals surface area contributed by atoms with E-state index in [1.54, 1.807) is 0 Å². The number of hydrogen-bond acceptors (Lipinski definition) is 1. The number of hydrogen-bond donors (Lipinski definition) is 0. The van der Waals surface area contributed by atoms with Crippen molar-refractivity contribution < 1.29 is 0 Å². The van der Waals surface area contributed by atoms with E-state index in [2.05, 4.69) is 64.1 Å². The Kier molecular flexibility index (Phi) is 1.82. The minimum Gasteiger partial charge on any atom is -0.314 e. The third-order valence-electron chi connectivity index (χ3n) is 2.43. The van der Waals surface area contributed by atoms with Gasteiger partial charge in [0.05, 0.1) is 22.9 Å². The molecule has 0 aliphatic carbocycles. The largest absolute Gasteiger partial charge is 0.314 e. The molecule has 1 aliphatic heterocycles. The highest BCUT2D eigenvalue weighted by Crippen LogP contribution is 2.41. The molecule has 2 heteroatoms. The molecule has 1 aromatic carbocycles.